The van der Waals surface area contributed by atoms with Gasteiger partial charge in [0.25, 0.3) is 0 Å². The molecule has 178 valence electrons. The lowest BCUT2D eigenvalue weighted by atomic mass is 9.88. The van der Waals surface area contributed by atoms with Crippen LogP contribution in [0.5, 0.6) is 0 Å². The summed E-state index contributed by atoms with van der Waals surface area (Å²) in [6, 6.07) is 12.5. The van der Waals surface area contributed by atoms with Gasteiger partial charge < -0.3 is 5.32 Å². The Hall–Kier alpha value is -2.58. The van der Waals surface area contributed by atoms with Gasteiger partial charge in [-0.15, -0.1) is 23.1 Å². The van der Waals surface area contributed by atoms with Crippen LogP contribution in [0.4, 0.5) is 5.82 Å². The van der Waals surface area contributed by atoms with E-state index in [1.54, 1.807) is 28.0 Å². The summed E-state index contributed by atoms with van der Waals surface area (Å²) in [4.78, 5) is 29.3. The van der Waals surface area contributed by atoms with E-state index in [-0.39, 0.29) is 35.1 Å². The number of thiophene rings is 1. The lowest BCUT2D eigenvalue weighted by molar-refractivity contribution is -0.123. The van der Waals surface area contributed by atoms with Gasteiger partial charge in [-0.3, -0.25) is 14.5 Å². The molecule has 1 saturated carbocycles. The quantitative estimate of drug-likeness (QED) is 0.543. The number of anilines is 1. The van der Waals surface area contributed by atoms with E-state index in [4.69, 9.17) is 5.10 Å². The zero-order valence-corrected chi connectivity index (χ0v) is 21.6. The van der Waals surface area contributed by atoms with E-state index < -0.39 is 0 Å². The molecule has 1 aliphatic heterocycles. The van der Waals surface area contributed by atoms with Gasteiger partial charge in [-0.1, -0.05) is 45.0 Å². The summed E-state index contributed by atoms with van der Waals surface area (Å²) in [6.07, 6.45) is 2.02. The molecule has 0 radical (unpaired) electrons. The van der Waals surface area contributed by atoms with Gasteiger partial charge in [0.2, 0.25) is 11.8 Å². The van der Waals surface area contributed by atoms with E-state index >= 15 is 0 Å². The Bertz CT molecular complexity index is 1220. The summed E-state index contributed by atoms with van der Waals surface area (Å²) in [7, 11) is 0. The largest absolute Gasteiger partial charge is 0.352 e. The van der Waals surface area contributed by atoms with Gasteiger partial charge in [-0.25, -0.2) is 4.68 Å². The Morgan fingerprint density at radius 3 is 2.59 bits per heavy atom. The minimum absolute atomic E-state index is 0.00120. The van der Waals surface area contributed by atoms with Gasteiger partial charge in [-0.05, 0) is 42.8 Å². The second-order valence-corrected chi connectivity index (χ2v) is 12.1. The summed E-state index contributed by atoms with van der Waals surface area (Å²) in [5.41, 5.74) is 3.73. The highest BCUT2D eigenvalue weighted by molar-refractivity contribution is 8.00. The fourth-order valence-electron chi connectivity index (χ4n) is 4.35. The van der Waals surface area contributed by atoms with E-state index in [9.17, 15) is 9.59 Å². The van der Waals surface area contributed by atoms with Crippen LogP contribution in [-0.2, 0) is 15.0 Å². The molecule has 2 amide bonds. The Kier molecular flexibility index (Phi) is 6.06. The Morgan fingerprint density at radius 1 is 1.18 bits per heavy atom. The van der Waals surface area contributed by atoms with Crippen molar-refractivity contribution in [2.75, 3.05) is 17.2 Å². The Balaban J connectivity index is 1.75. The number of amides is 2. The van der Waals surface area contributed by atoms with Crippen molar-refractivity contribution in [2.45, 2.75) is 57.2 Å². The molecule has 0 bridgehead atoms. The van der Waals surface area contributed by atoms with Crippen LogP contribution >= 0.6 is 23.1 Å². The number of benzene rings is 1. The van der Waals surface area contributed by atoms with Gasteiger partial charge in [0, 0.05) is 21.9 Å². The molecule has 2 aromatic heterocycles. The third kappa shape index (κ3) is 4.41. The van der Waals surface area contributed by atoms with Crippen molar-refractivity contribution in [3.8, 4) is 5.69 Å². The lowest BCUT2D eigenvalue weighted by Gasteiger charge is -2.24. The van der Waals surface area contributed by atoms with E-state index in [1.807, 2.05) is 35.9 Å². The third-order valence-electron chi connectivity index (χ3n) is 6.19. The van der Waals surface area contributed by atoms with Crippen molar-refractivity contribution in [3.05, 3.63) is 63.5 Å². The number of carbonyl (C=O) groups excluding carboxylic acids is 2. The van der Waals surface area contributed by atoms with E-state index in [0.29, 0.717) is 5.75 Å². The smallest absolute Gasteiger partial charge is 0.240 e. The van der Waals surface area contributed by atoms with Crippen molar-refractivity contribution >= 4 is 40.7 Å². The molecule has 8 heteroatoms. The summed E-state index contributed by atoms with van der Waals surface area (Å²) in [6.45, 7) is 8.52. The van der Waals surface area contributed by atoms with Gasteiger partial charge >= 0.3 is 0 Å². The normalized spacial score (nSPS) is 18.5. The molecule has 0 unspecified atom stereocenters. The van der Waals surface area contributed by atoms with E-state index in [0.717, 1.165) is 41.2 Å². The summed E-state index contributed by atoms with van der Waals surface area (Å²) >= 11 is 3.32. The number of carbonyl (C=O) groups is 2. The fourth-order valence-corrected chi connectivity index (χ4v) is 6.53. The monoisotopic (exact) mass is 494 g/mol. The molecular formula is C26H30N4O2S2. The number of rotatable bonds is 5. The highest BCUT2D eigenvalue weighted by atomic mass is 32.2. The number of fused-ring (bicyclic) bond motifs is 1. The molecule has 5 rings (SSSR count). The minimum atomic E-state index is -0.247. The van der Waals surface area contributed by atoms with E-state index in [1.165, 1.54) is 4.88 Å². The van der Waals surface area contributed by atoms with Crippen LogP contribution in [0.1, 0.15) is 60.6 Å². The van der Waals surface area contributed by atoms with Crippen LogP contribution in [0.25, 0.3) is 5.69 Å². The van der Waals surface area contributed by atoms with Crippen LogP contribution in [0, 0.1) is 6.92 Å². The highest BCUT2D eigenvalue weighted by Gasteiger charge is 2.40. The molecule has 0 spiro atoms. The average Bonchev–Trinajstić information content (AvgIpc) is 3.30. The maximum Gasteiger partial charge on any atom is 0.240 e. The first-order valence-electron chi connectivity index (χ1n) is 11.7. The zero-order valence-electron chi connectivity index (χ0n) is 20.0. The van der Waals surface area contributed by atoms with E-state index in [2.05, 4.69) is 43.6 Å². The first-order chi connectivity index (χ1) is 16.2. The second kappa shape index (κ2) is 8.89. The lowest BCUT2D eigenvalue weighted by Crippen LogP contribution is -2.43. The molecule has 0 saturated heterocycles. The fraction of sp³-hybridized carbons (Fsp3) is 0.423. The van der Waals surface area contributed by atoms with Crippen molar-refractivity contribution < 1.29 is 9.59 Å². The molecule has 1 N–H and O–H groups in total. The highest BCUT2D eigenvalue weighted by Crippen LogP contribution is 2.49. The van der Waals surface area contributed by atoms with Crippen molar-refractivity contribution in [3.63, 3.8) is 0 Å². The van der Waals surface area contributed by atoms with Crippen molar-refractivity contribution in [1.82, 2.24) is 15.1 Å². The number of aryl methyl sites for hydroxylation is 1. The molecule has 3 aromatic rings. The van der Waals surface area contributed by atoms with Crippen LogP contribution in [-0.4, -0.2) is 39.9 Å². The number of aromatic nitrogens is 2. The SMILES string of the molecule is Cc1ccccc1-n1nc(C(C)(C)C)c2c1N(CC(=O)NC1CC1)C(=O)CS[C@H]2c1cccs1. The first-order valence-corrected chi connectivity index (χ1v) is 13.6. The molecule has 6 nitrogen and oxygen atoms in total. The maximum absolute atomic E-state index is 13.5. The molecule has 1 aromatic carbocycles. The van der Waals surface area contributed by atoms with Crippen LogP contribution < -0.4 is 10.2 Å². The average molecular weight is 495 g/mol. The summed E-state index contributed by atoms with van der Waals surface area (Å²) in [5.74, 6) is 0.854. The van der Waals surface area contributed by atoms with Crippen LogP contribution in [0.3, 0.4) is 0 Å². The first kappa shape index (κ1) is 23.2. The standard InChI is InChI=1S/C26H30N4O2S2/c1-16-8-5-6-9-18(16)30-25-22(24(28-30)26(2,3)4)23(19-10-7-13-33-19)34-15-21(32)29(25)14-20(31)27-17-11-12-17/h5-10,13,17,23H,11-12,14-15H2,1-4H3,(H,27,31)/t23-/m0/s1. The number of hydrogen-bond donors (Lipinski definition) is 1. The van der Waals surface area contributed by atoms with Crippen LogP contribution in [0.15, 0.2) is 41.8 Å². The molecule has 1 aliphatic carbocycles. The zero-order chi connectivity index (χ0) is 24.0. The summed E-state index contributed by atoms with van der Waals surface area (Å²) in [5, 5.41) is 10.2. The van der Waals surface area contributed by atoms with Crippen molar-refractivity contribution in [1.29, 1.82) is 0 Å². The molecule has 3 heterocycles. The minimum Gasteiger partial charge on any atom is -0.352 e. The Morgan fingerprint density at radius 2 is 1.94 bits per heavy atom. The number of hydrogen-bond acceptors (Lipinski definition) is 5. The maximum atomic E-state index is 13.5. The summed E-state index contributed by atoms with van der Waals surface area (Å²) < 4.78 is 1.90. The second-order valence-electron chi connectivity index (χ2n) is 10.1. The van der Waals surface area contributed by atoms with Gasteiger partial charge in [-0.2, -0.15) is 5.10 Å². The number of nitrogens with one attached hydrogen (secondary N) is 1. The third-order valence-corrected chi connectivity index (χ3v) is 8.51. The number of para-hydroxylation sites is 1. The van der Waals surface area contributed by atoms with Gasteiger partial charge in [0.05, 0.1) is 22.4 Å². The number of thioether (sulfide) groups is 1. The topological polar surface area (TPSA) is 67.2 Å². The number of nitrogens with zero attached hydrogens (tertiary/aromatic N) is 3. The Labute approximate surface area is 208 Å². The molecule has 1 atom stereocenters. The molecule has 34 heavy (non-hydrogen) atoms. The molecular weight excluding hydrogens is 464 g/mol. The van der Waals surface area contributed by atoms with Crippen LogP contribution in [0.2, 0.25) is 0 Å². The predicted molar refractivity (Wildman–Crippen MR) is 139 cm³/mol. The van der Waals surface area contributed by atoms with Crippen molar-refractivity contribution in [2.24, 2.45) is 0 Å². The molecule has 2 aliphatic rings. The van der Waals surface area contributed by atoms with Gasteiger partial charge in [0.15, 0.2) is 0 Å². The predicted octanol–water partition coefficient (Wildman–Crippen LogP) is 4.99. The molecule has 1 fully saturated rings. The van der Waals surface area contributed by atoms with Gasteiger partial charge in [0.1, 0.15) is 12.4 Å².